The third-order valence-electron chi connectivity index (χ3n) is 3.75. The Kier molecular flexibility index (Phi) is 2.16. The van der Waals surface area contributed by atoms with Crippen molar-refractivity contribution in [2.24, 2.45) is 5.41 Å². The van der Waals surface area contributed by atoms with Crippen LogP contribution in [-0.2, 0) is 19.6 Å². The van der Waals surface area contributed by atoms with Gasteiger partial charge in [-0.2, -0.15) is 19.6 Å². The minimum absolute atomic E-state index is 0.240. The molecule has 0 amide bonds. The Hall–Kier alpha value is -0.160. The molecule has 82 valence electrons. The van der Waals surface area contributed by atoms with Gasteiger partial charge in [-0.15, -0.1) is 0 Å². The zero-order valence-electron chi connectivity index (χ0n) is 9.25. The Bertz CT molecular complexity index is 212. The van der Waals surface area contributed by atoms with Gasteiger partial charge in [0, 0.05) is 0 Å². The molecule has 0 atom stereocenters. The van der Waals surface area contributed by atoms with Crippen molar-refractivity contribution in [1.82, 2.24) is 0 Å². The van der Waals surface area contributed by atoms with Crippen molar-refractivity contribution >= 4 is 0 Å². The van der Waals surface area contributed by atoms with Crippen molar-refractivity contribution in [2.75, 3.05) is 0 Å². The predicted molar refractivity (Wildman–Crippen MR) is 48.8 cm³/mol. The lowest BCUT2D eigenvalue weighted by Crippen LogP contribution is -2.44. The molecule has 0 spiro atoms. The highest BCUT2D eigenvalue weighted by atomic mass is 17.4. The van der Waals surface area contributed by atoms with Gasteiger partial charge in [0.05, 0.1) is 5.41 Å². The van der Waals surface area contributed by atoms with E-state index in [0.717, 1.165) is 19.3 Å². The Labute approximate surface area is 84.3 Å². The van der Waals surface area contributed by atoms with E-state index in [-0.39, 0.29) is 5.41 Å². The lowest BCUT2D eigenvalue weighted by molar-refractivity contribution is -0.583. The molecule has 0 aliphatic carbocycles. The van der Waals surface area contributed by atoms with Gasteiger partial charge in [-0.3, -0.25) is 0 Å². The summed E-state index contributed by atoms with van der Waals surface area (Å²) in [5.41, 5.74) is -0.240. The van der Waals surface area contributed by atoms with Crippen LogP contribution in [0.3, 0.4) is 0 Å². The molecule has 2 fully saturated rings. The summed E-state index contributed by atoms with van der Waals surface area (Å²) in [5, 5.41) is 0. The van der Waals surface area contributed by atoms with Crippen LogP contribution in [0.2, 0.25) is 0 Å². The van der Waals surface area contributed by atoms with Crippen LogP contribution >= 0.6 is 0 Å². The van der Waals surface area contributed by atoms with Crippen LogP contribution in [0.4, 0.5) is 0 Å². The fraction of sp³-hybridized carbons (Fsp3) is 1.00. The van der Waals surface area contributed by atoms with Crippen molar-refractivity contribution < 1.29 is 19.6 Å². The van der Waals surface area contributed by atoms with E-state index in [1.165, 1.54) is 0 Å². The van der Waals surface area contributed by atoms with E-state index in [2.05, 4.69) is 13.8 Å². The van der Waals surface area contributed by atoms with Gasteiger partial charge in [-0.25, -0.2) is 0 Å². The van der Waals surface area contributed by atoms with Crippen molar-refractivity contribution in [3.05, 3.63) is 0 Å². The number of hydrogen-bond acceptors (Lipinski definition) is 4. The van der Waals surface area contributed by atoms with Gasteiger partial charge >= 0.3 is 0 Å². The summed E-state index contributed by atoms with van der Waals surface area (Å²) in [5.74, 6) is -1.53. The van der Waals surface area contributed by atoms with Gasteiger partial charge in [0.25, 0.3) is 0 Å². The molecule has 2 aliphatic rings. The number of hydrogen-bond donors (Lipinski definition) is 0. The number of unbranched alkanes of at least 4 members (excludes halogenated alkanes) is 1. The molecule has 0 unspecified atom stereocenters. The Balaban J connectivity index is 2.24. The van der Waals surface area contributed by atoms with Crippen molar-refractivity contribution in [3.63, 3.8) is 0 Å². The van der Waals surface area contributed by atoms with E-state index in [1.54, 1.807) is 0 Å². The average molecular weight is 202 g/mol. The van der Waals surface area contributed by atoms with Crippen molar-refractivity contribution in [2.45, 2.75) is 58.5 Å². The minimum Gasteiger partial charge on any atom is -0.194 e. The van der Waals surface area contributed by atoms with E-state index in [1.807, 2.05) is 13.8 Å². The molecular weight excluding hydrogens is 184 g/mol. The summed E-state index contributed by atoms with van der Waals surface area (Å²) in [4.78, 5) is 20.8. The van der Waals surface area contributed by atoms with Crippen molar-refractivity contribution in [1.29, 1.82) is 0 Å². The second kappa shape index (κ2) is 2.92. The third kappa shape index (κ3) is 1.03. The SMILES string of the molecule is CCCCC1(C)C2(C)OOC1(C)OO2. The summed E-state index contributed by atoms with van der Waals surface area (Å²) in [6.07, 6.45) is 3.22. The summed E-state index contributed by atoms with van der Waals surface area (Å²) in [6, 6.07) is 0. The first-order valence-corrected chi connectivity index (χ1v) is 5.21. The standard InChI is InChI=1S/C10H18O4/c1-5-6-7-8(2)9(3)11-13-10(8,4)14-12-9/h5-7H2,1-4H3. The van der Waals surface area contributed by atoms with E-state index < -0.39 is 11.6 Å². The fourth-order valence-corrected chi connectivity index (χ4v) is 2.11. The Morgan fingerprint density at radius 1 is 0.857 bits per heavy atom. The molecule has 0 aromatic rings. The maximum Gasteiger partial charge on any atom is 0.242 e. The molecule has 4 heteroatoms. The van der Waals surface area contributed by atoms with Gasteiger partial charge < -0.3 is 0 Å². The first kappa shape index (κ1) is 10.4. The summed E-state index contributed by atoms with van der Waals surface area (Å²) in [7, 11) is 0. The first-order valence-electron chi connectivity index (χ1n) is 5.21. The highest BCUT2D eigenvalue weighted by molar-refractivity contribution is 5.01. The van der Waals surface area contributed by atoms with E-state index in [0.29, 0.717) is 0 Å². The second-order valence-corrected chi connectivity index (χ2v) is 4.66. The fourth-order valence-electron chi connectivity index (χ4n) is 2.11. The van der Waals surface area contributed by atoms with E-state index in [4.69, 9.17) is 19.6 Å². The molecule has 0 aromatic carbocycles. The molecule has 2 heterocycles. The third-order valence-corrected chi connectivity index (χ3v) is 3.75. The molecule has 2 rings (SSSR count). The summed E-state index contributed by atoms with van der Waals surface area (Å²) in [6.45, 7) is 7.97. The Morgan fingerprint density at radius 2 is 1.29 bits per heavy atom. The van der Waals surface area contributed by atoms with Gasteiger partial charge in [0.2, 0.25) is 11.6 Å². The lowest BCUT2D eigenvalue weighted by atomic mass is 9.72. The van der Waals surface area contributed by atoms with Crippen LogP contribution < -0.4 is 0 Å². The first-order chi connectivity index (χ1) is 6.47. The topological polar surface area (TPSA) is 36.9 Å². The van der Waals surface area contributed by atoms with Gasteiger partial charge in [-0.1, -0.05) is 19.8 Å². The summed E-state index contributed by atoms with van der Waals surface area (Å²) >= 11 is 0. The number of fused-ring (bicyclic) bond motifs is 2. The largest absolute Gasteiger partial charge is 0.242 e. The van der Waals surface area contributed by atoms with E-state index >= 15 is 0 Å². The van der Waals surface area contributed by atoms with Crippen LogP contribution in [-0.4, -0.2) is 11.6 Å². The summed E-state index contributed by atoms with van der Waals surface area (Å²) < 4.78 is 0. The maximum atomic E-state index is 5.21. The van der Waals surface area contributed by atoms with Gasteiger partial charge in [0.15, 0.2) is 0 Å². The minimum atomic E-state index is -0.767. The molecule has 2 aliphatic heterocycles. The second-order valence-electron chi connectivity index (χ2n) is 4.66. The molecule has 2 saturated heterocycles. The Morgan fingerprint density at radius 3 is 1.64 bits per heavy atom. The zero-order valence-corrected chi connectivity index (χ0v) is 9.25. The zero-order chi connectivity index (χ0) is 10.4. The quantitative estimate of drug-likeness (QED) is 0.659. The van der Waals surface area contributed by atoms with Crippen LogP contribution in [0, 0.1) is 5.41 Å². The van der Waals surface area contributed by atoms with E-state index in [9.17, 15) is 0 Å². The van der Waals surface area contributed by atoms with Gasteiger partial charge in [0.1, 0.15) is 0 Å². The smallest absolute Gasteiger partial charge is 0.194 e. The molecule has 14 heavy (non-hydrogen) atoms. The highest BCUT2D eigenvalue weighted by Gasteiger charge is 2.73. The normalized spacial score (nSPS) is 51.4. The molecule has 0 radical (unpaired) electrons. The van der Waals surface area contributed by atoms with Crippen LogP contribution in [0.5, 0.6) is 0 Å². The van der Waals surface area contributed by atoms with Gasteiger partial charge in [-0.05, 0) is 27.2 Å². The molecular formula is C10H18O4. The predicted octanol–water partition coefficient (Wildman–Crippen LogP) is 2.54. The van der Waals surface area contributed by atoms with Crippen molar-refractivity contribution in [3.8, 4) is 0 Å². The van der Waals surface area contributed by atoms with Crippen LogP contribution in [0.1, 0.15) is 47.0 Å². The maximum absolute atomic E-state index is 5.21. The molecule has 2 bridgehead atoms. The monoisotopic (exact) mass is 202 g/mol. The highest BCUT2D eigenvalue weighted by Crippen LogP contribution is 2.60. The lowest BCUT2D eigenvalue weighted by Gasteiger charge is -2.31. The molecule has 0 saturated carbocycles. The average Bonchev–Trinajstić information content (AvgIpc) is 2.47. The molecule has 4 nitrogen and oxygen atoms in total. The molecule has 0 N–H and O–H groups in total. The molecule has 0 aromatic heterocycles. The van der Waals surface area contributed by atoms with Crippen LogP contribution in [0.25, 0.3) is 0 Å². The number of rotatable bonds is 3. The van der Waals surface area contributed by atoms with Crippen LogP contribution in [0.15, 0.2) is 0 Å².